The Morgan fingerprint density at radius 1 is 1.52 bits per heavy atom. The highest BCUT2D eigenvalue weighted by Crippen LogP contribution is 2.23. The van der Waals surface area contributed by atoms with Gasteiger partial charge in [0.2, 0.25) is 5.91 Å². The molecule has 2 N–H and O–H groups in total. The molecular weight excluding hydrogens is 305 g/mol. The van der Waals surface area contributed by atoms with Gasteiger partial charge in [0.15, 0.2) is 11.6 Å². The second kappa shape index (κ2) is 7.56. The van der Waals surface area contributed by atoms with Gasteiger partial charge in [-0.25, -0.2) is 4.39 Å². The highest BCUT2D eigenvalue weighted by atomic mass is 32.2. The molecule has 1 saturated heterocycles. The van der Waals surface area contributed by atoms with Crippen LogP contribution in [0.15, 0.2) is 18.2 Å². The molecule has 0 aliphatic carbocycles. The first-order chi connectivity index (χ1) is 10.0. The molecule has 1 fully saturated rings. The Bertz CT molecular complexity index is 496. The number of halogens is 3. The average Bonchev–Trinajstić information content (AvgIpc) is 2.42. The van der Waals surface area contributed by atoms with Crippen LogP contribution < -0.4 is 15.4 Å². The standard InChI is InChI=1S/C13H15F3N2O2S/c14-10-5-8(1-2-11(10)20-13(15)16)18-12(19)6-9-7-21-4-3-17-9/h1-2,5,9,13,17H,3-4,6-7H2,(H,18,19). The lowest BCUT2D eigenvalue weighted by atomic mass is 10.2. The van der Waals surface area contributed by atoms with Crippen molar-refractivity contribution < 1.29 is 22.7 Å². The van der Waals surface area contributed by atoms with E-state index in [-0.39, 0.29) is 24.1 Å². The van der Waals surface area contributed by atoms with E-state index in [1.165, 1.54) is 6.07 Å². The number of rotatable bonds is 5. The number of hydrogen-bond donors (Lipinski definition) is 2. The number of carbonyl (C=O) groups excluding carboxylic acids is 1. The molecule has 0 aromatic heterocycles. The van der Waals surface area contributed by atoms with Crippen molar-refractivity contribution in [2.45, 2.75) is 19.1 Å². The molecule has 1 aliphatic rings. The minimum absolute atomic E-state index is 0.0926. The lowest BCUT2D eigenvalue weighted by Crippen LogP contribution is -2.39. The molecule has 1 aromatic rings. The Labute approximate surface area is 124 Å². The minimum atomic E-state index is -3.09. The maximum absolute atomic E-state index is 13.5. The number of hydrogen-bond acceptors (Lipinski definition) is 4. The Morgan fingerprint density at radius 2 is 2.33 bits per heavy atom. The molecule has 0 bridgehead atoms. The lowest BCUT2D eigenvalue weighted by molar-refractivity contribution is -0.116. The SMILES string of the molecule is O=C(CC1CSCCN1)Nc1ccc(OC(F)F)c(F)c1. The van der Waals surface area contributed by atoms with Gasteiger partial charge in [0.05, 0.1) is 0 Å². The molecule has 0 radical (unpaired) electrons. The number of thioether (sulfide) groups is 1. The van der Waals surface area contributed by atoms with Gasteiger partial charge in [0.25, 0.3) is 0 Å². The van der Waals surface area contributed by atoms with E-state index >= 15 is 0 Å². The smallest absolute Gasteiger partial charge is 0.387 e. The van der Waals surface area contributed by atoms with Crippen molar-refractivity contribution in [3.63, 3.8) is 0 Å². The van der Waals surface area contributed by atoms with Crippen LogP contribution in [-0.4, -0.2) is 36.6 Å². The molecule has 1 atom stereocenters. The van der Waals surface area contributed by atoms with Crippen LogP contribution in [-0.2, 0) is 4.79 Å². The number of ether oxygens (including phenoxy) is 1. The van der Waals surface area contributed by atoms with Gasteiger partial charge in [-0.1, -0.05) is 0 Å². The van der Waals surface area contributed by atoms with E-state index in [1.807, 2.05) is 0 Å². The molecule has 1 heterocycles. The van der Waals surface area contributed by atoms with Gasteiger partial charge in [0.1, 0.15) is 0 Å². The first-order valence-corrected chi connectivity index (χ1v) is 7.55. The van der Waals surface area contributed by atoms with E-state index in [0.29, 0.717) is 0 Å². The Balaban J connectivity index is 1.89. The number of amides is 1. The highest BCUT2D eigenvalue weighted by Gasteiger charge is 2.17. The third-order valence-corrected chi connectivity index (χ3v) is 3.99. The Kier molecular flexibility index (Phi) is 5.75. The normalized spacial score (nSPS) is 18.6. The molecule has 116 valence electrons. The summed E-state index contributed by atoms with van der Waals surface area (Å²) < 4.78 is 41.5. The topological polar surface area (TPSA) is 50.4 Å². The maximum Gasteiger partial charge on any atom is 0.387 e. The van der Waals surface area contributed by atoms with Crippen molar-refractivity contribution in [1.29, 1.82) is 0 Å². The fraction of sp³-hybridized carbons (Fsp3) is 0.462. The fourth-order valence-corrected chi connectivity index (χ4v) is 2.91. The molecule has 1 amide bonds. The third kappa shape index (κ3) is 5.13. The quantitative estimate of drug-likeness (QED) is 0.875. The van der Waals surface area contributed by atoms with Crippen molar-refractivity contribution >= 4 is 23.4 Å². The van der Waals surface area contributed by atoms with Crippen molar-refractivity contribution in [3.05, 3.63) is 24.0 Å². The van der Waals surface area contributed by atoms with Crippen LogP contribution in [0.5, 0.6) is 5.75 Å². The van der Waals surface area contributed by atoms with E-state index in [1.54, 1.807) is 11.8 Å². The summed E-state index contributed by atoms with van der Waals surface area (Å²) in [7, 11) is 0. The second-order valence-electron chi connectivity index (χ2n) is 4.50. The summed E-state index contributed by atoms with van der Waals surface area (Å²) in [4.78, 5) is 11.8. The third-order valence-electron chi connectivity index (χ3n) is 2.86. The van der Waals surface area contributed by atoms with Crippen LogP contribution >= 0.6 is 11.8 Å². The number of nitrogens with one attached hydrogen (secondary N) is 2. The predicted octanol–water partition coefficient (Wildman–Crippen LogP) is 2.46. The van der Waals surface area contributed by atoms with Crippen molar-refractivity contribution in [2.75, 3.05) is 23.4 Å². The highest BCUT2D eigenvalue weighted by molar-refractivity contribution is 7.99. The largest absolute Gasteiger partial charge is 0.432 e. The number of carbonyl (C=O) groups is 1. The van der Waals surface area contributed by atoms with E-state index in [2.05, 4.69) is 15.4 Å². The van der Waals surface area contributed by atoms with Gasteiger partial charge in [-0.15, -0.1) is 0 Å². The number of anilines is 1. The first kappa shape index (κ1) is 16.0. The zero-order valence-corrected chi connectivity index (χ0v) is 11.9. The van der Waals surface area contributed by atoms with Crippen LogP contribution in [0.1, 0.15) is 6.42 Å². The predicted molar refractivity (Wildman–Crippen MR) is 75.4 cm³/mol. The summed E-state index contributed by atoms with van der Waals surface area (Å²) >= 11 is 1.77. The summed E-state index contributed by atoms with van der Waals surface area (Å²) in [5.74, 6) is 0.127. The van der Waals surface area contributed by atoms with Gasteiger partial charge >= 0.3 is 6.61 Å². The summed E-state index contributed by atoms with van der Waals surface area (Å²) in [6.07, 6.45) is 0.282. The van der Waals surface area contributed by atoms with Gasteiger partial charge in [-0.05, 0) is 12.1 Å². The molecule has 0 spiro atoms. The van der Waals surface area contributed by atoms with Crippen LogP contribution in [0.25, 0.3) is 0 Å². The van der Waals surface area contributed by atoms with E-state index in [0.717, 1.165) is 30.2 Å². The van der Waals surface area contributed by atoms with Crippen LogP contribution in [0.2, 0.25) is 0 Å². The van der Waals surface area contributed by atoms with E-state index in [9.17, 15) is 18.0 Å². The van der Waals surface area contributed by atoms with Crippen LogP contribution in [0, 0.1) is 5.82 Å². The first-order valence-electron chi connectivity index (χ1n) is 6.40. The molecule has 2 rings (SSSR count). The molecule has 1 unspecified atom stereocenters. The second-order valence-corrected chi connectivity index (χ2v) is 5.65. The van der Waals surface area contributed by atoms with Gasteiger partial charge < -0.3 is 15.4 Å². The van der Waals surface area contributed by atoms with Crippen LogP contribution in [0.4, 0.5) is 18.9 Å². The van der Waals surface area contributed by atoms with Gasteiger partial charge in [-0.2, -0.15) is 20.5 Å². The summed E-state index contributed by atoms with van der Waals surface area (Å²) in [5, 5.41) is 5.76. The molecule has 0 saturated carbocycles. The minimum Gasteiger partial charge on any atom is -0.432 e. The zero-order chi connectivity index (χ0) is 15.2. The molecule has 8 heteroatoms. The monoisotopic (exact) mass is 320 g/mol. The summed E-state index contributed by atoms with van der Waals surface area (Å²) in [6.45, 7) is -2.23. The molecular formula is C13H15F3N2O2S. The van der Waals surface area contributed by atoms with E-state index < -0.39 is 18.2 Å². The lowest BCUT2D eigenvalue weighted by Gasteiger charge is -2.22. The maximum atomic E-state index is 13.5. The molecule has 1 aromatic carbocycles. The number of benzene rings is 1. The Hall–Kier alpha value is -1.41. The van der Waals surface area contributed by atoms with Crippen molar-refractivity contribution in [2.24, 2.45) is 0 Å². The van der Waals surface area contributed by atoms with Crippen molar-refractivity contribution in [1.82, 2.24) is 5.32 Å². The van der Waals surface area contributed by atoms with Gasteiger partial charge in [0, 0.05) is 42.3 Å². The zero-order valence-electron chi connectivity index (χ0n) is 11.1. The molecule has 4 nitrogen and oxygen atoms in total. The average molecular weight is 320 g/mol. The molecule has 21 heavy (non-hydrogen) atoms. The summed E-state index contributed by atoms with van der Waals surface area (Å²) in [5.41, 5.74) is 0.211. The summed E-state index contributed by atoms with van der Waals surface area (Å²) in [6, 6.07) is 3.43. The molecule has 1 aliphatic heterocycles. The van der Waals surface area contributed by atoms with Gasteiger partial charge in [-0.3, -0.25) is 4.79 Å². The van der Waals surface area contributed by atoms with Crippen molar-refractivity contribution in [3.8, 4) is 5.75 Å². The van der Waals surface area contributed by atoms with E-state index in [4.69, 9.17) is 0 Å². The van der Waals surface area contributed by atoms with Crippen LogP contribution in [0.3, 0.4) is 0 Å². The fourth-order valence-electron chi connectivity index (χ4n) is 1.96. The number of alkyl halides is 2. The Morgan fingerprint density at radius 3 is 2.95 bits per heavy atom.